The Morgan fingerprint density at radius 2 is 1.77 bits per heavy atom. The maximum Gasteiger partial charge on any atom is 0.220 e. The fourth-order valence-electron chi connectivity index (χ4n) is 2.10. The number of nitrogens with two attached hydrogens (primary N) is 1. The van der Waals surface area contributed by atoms with Gasteiger partial charge in [-0.3, -0.25) is 4.79 Å². The molecule has 0 aliphatic heterocycles. The van der Waals surface area contributed by atoms with Crippen LogP contribution in [-0.2, 0) is 11.3 Å². The van der Waals surface area contributed by atoms with Gasteiger partial charge in [0, 0.05) is 17.4 Å². The van der Waals surface area contributed by atoms with E-state index in [9.17, 15) is 4.79 Å². The van der Waals surface area contributed by atoms with Crippen molar-refractivity contribution >= 4 is 21.8 Å². The van der Waals surface area contributed by atoms with Crippen molar-refractivity contribution in [1.29, 1.82) is 0 Å². The lowest BCUT2D eigenvalue weighted by atomic mass is 10.1. The third kappa shape index (κ3) is 6.23. The molecule has 1 aromatic rings. The fourth-order valence-corrected chi connectivity index (χ4v) is 2.56. The fraction of sp³-hybridized carbons (Fsp3) is 0.562. The van der Waals surface area contributed by atoms with Crippen molar-refractivity contribution in [1.82, 2.24) is 5.32 Å². The highest BCUT2D eigenvalue weighted by molar-refractivity contribution is 9.10. The number of ether oxygens (including phenoxy) is 2. The number of carbonyl (C=O) groups excluding carboxylic acids is 1. The van der Waals surface area contributed by atoms with E-state index >= 15 is 0 Å². The predicted octanol–water partition coefficient (Wildman–Crippen LogP) is 2.99. The van der Waals surface area contributed by atoms with Gasteiger partial charge in [-0.1, -0.05) is 28.8 Å². The molecule has 0 aliphatic rings. The molecule has 0 saturated heterocycles. The standard InChI is InChI=1S/C16H25BrN2O3/c1-21-14-9-12(13(17)10-15(14)22-2)11-19-16(20)7-5-3-4-6-8-18/h9-10H,3-8,11,18H2,1-2H3,(H,19,20). The topological polar surface area (TPSA) is 73.6 Å². The molecule has 124 valence electrons. The summed E-state index contributed by atoms with van der Waals surface area (Å²) in [4.78, 5) is 11.8. The van der Waals surface area contributed by atoms with Gasteiger partial charge < -0.3 is 20.5 Å². The van der Waals surface area contributed by atoms with Crippen LogP contribution in [-0.4, -0.2) is 26.7 Å². The van der Waals surface area contributed by atoms with Gasteiger partial charge in [-0.05, 0) is 37.1 Å². The number of rotatable bonds is 10. The first-order valence-electron chi connectivity index (χ1n) is 7.49. The van der Waals surface area contributed by atoms with E-state index in [1.165, 1.54) is 0 Å². The highest BCUT2D eigenvalue weighted by Gasteiger charge is 2.10. The molecule has 0 unspecified atom stereocenters. The summed E-state index contributed by atoms with van der Waals surface area (Å²) in [6.45, 7) is 1.18. The summed E-state index contributed by atoms with van der Waals surface area (Å²) in [6, 6.07) is 3.71. The number of unbranched alkanes of at least 4 members (excludes halogenated alkanes) is 3. The molecular weight excluding hydrogens is 348 g/mol. The van der Waals surface area contributed by atoms with Gasteiger partial charge in [-0.15, -0.1) is 0 Å². The Labute approximate surface area is 140 Å². The van der Waals surface area contributed by atoms with Crippen molar-refractivity contribution < 1.29 is 14.3 Å². The van der Waals surface area contributed by atoms with E-state index in [-0.39, 0.29) is 5.91 Å². The van der Waals surface area contributed by atoms with Crippen molar-refractivity contribution in [2.24, 2.45) is 5.73 Å². The number of halogens is 1. The van der Waals surface area contributed by atoms with Crippen molar-refractivity contribution in [2.45, 2.75) is 38.6 Å². The van der Waals surface area contributed by atoms with Gasteiger partial charge >= 0.3 is 0 Å². The van der Waals surface area contributed by atoms with Crippen LogP contribution in [0.4, 0.5) is 0 Å². The van der Waals surface area contributed by atoms with E-state index in [1.807, 2.05) is 12.1 Å². The molecule has 0 bridgehead atoms. The number of nitrogens with one attached hydrogen (secondary N) is 1. The van der Waals surface area contributed by atoms with Gasteiger partial charge in [0.1, 0.15) is 0 Å². The molecule has 0 fully saturated rings. The van der Waals surface area contributed by atoms with Crippen molar-refractivity contribution in [3.8, 4) is 11.5 Å². The maximum absolute atomic E-state index is 11.8. The average Bonchev–Trinajstić information content (AvgIpc) is 2.53. The summed E-state index contributed by atoms with van der Waals surface area (Å²) in [6.07, 6.45) is 4.62. The van der Waals surface area contributed by atoms with Crippen LogP contribution in [0.3, 0.4) is 0 Å². The quantitative estimate of drug-likeness (QED) is 0.619. The van der Waals surface area contributed by atoms with Gasteiger partial charge in [0.05, 0.1) is 14.2 Å². The Morgan fingerprint density at radius 1 is 1.14 bits per heavy atom. The molecule has 22 heavy (non-hydrogen) atoms. The Balaban J connectivity index is 2.45. The lowest BCUT2D eigenvalue weighted by Crippen LogP contribution is -2.22. The summed E-state index contributed by atoms with van der Waals surface area (Å²) in [5.74, 6) is 1.37. The Kier molecular flexibility index (Phi) is 8.92. The Hall–Kier alpha value is -1.27. The van der Waals surface area contributed by atoms with Crippen LogP contribution in [0.15, 0.2) is 16.6 Å². The molecular formula is C16H25BrN2O3. The molecule has 1 amide bonds. The molecule has 3 N–H and O–H groups in total. The molecule has 0 radical (unpaired) electrons. The molecule has 0 aliphatic carbocycles. The van der Waals surface area contributed by atoms with Crippen molar-refractivity contribution in [3.63, 3.8) is 0 Å². The lowest BCUT2D eigenvalue weighted by molar-refractivity contribution is -0.121. The van der Waals surface area contributed by atoms with E-state index in [4.69, 9.17) is 15.2 Å². The van der Waals surface area contributed by atoms with Crippen LogP contribution in [0, 0.1) is 0 Å². The van der Waals surface area contributed by atoms with E-state index in [1.54, 1.807) is 14.2 Å². The minimum absolute atomic E-state index is 0.0643. The third-order valence-electron chi connectivity index (χ3n) is 3.39. The number of hydrogen-bond donors (Lipinski definition) is 2. The molecule has 0 spiro atoms. The molecule has 0 heterocycles. The minimum Gasteiger partial charge on any atom is -0.493 e. The van der Waals surface area contributed by atoms with Gasteiger partial charge in [0.2, 0.25) is 5.91 Å². The highest BCUT2D eigenvalue weighted by Crippen LogP contribution is 2.33. The largest absolute Gasteiger partial charge is 0.493 e. The molecule has 5 nitrogen and oxygen atoms in total. The summed E-state index contributed by atoms with van der Waals surface area (Å²) in [5, 5.41) is 2.93. The first-order valence-corrected chi connectivity index (χ1v) is 8.28. The summed E-state index contributed by atoms with van der Waals surface area (Å²) in [5.41, 5.74) is 6.39. The van der Waals surface area contributed by atoms with E-state index in [2.05, 4.69) is 21.2 Å². The smallest absolute Gasteiger partial charge is 0.220 e. The Morgan fingerprint density at radius 3 is 2.41 bits per heavy atom. The molecule has 0 aromatic heterocycles. The molecule has 1 aromatic carbocycles. The van der Waals surface area contributed by atoms with Crippen molar-refractivity contribution in [2.75, 3.05) is 20.8 Å². The second-order valence-electron chi connectivity index (χ2n) is 5.03. The molecule has 0 saturated carbocycles. The number of carbonyl (C=O) groups is 1. The molecule has 6 heteroatoms. The van der Waals surface area contributed by atoms with Crippen LogP contribution < -0.4 is 20.5 Å². The zero-order valence-corrected chi connectivity index (χ0v) is 14.9. The van der Waals surface area contributed by atoms with Crippen molar-refractivity contribution in [3.05, 3.63) is 22.2 Å². The highest BCUT2D eigenvalue weighted by atomic mass is 79.9. The summed E-state index contributed by atoms with van der Waals surface area (Å²) < 4.78 is 11.4. The van der Waals surface area contributed by atoms with Crippen LogP contribution in [0.2, 0.25) is 0 Å². The second-order valence-corrected chi connectivity index (χ2v) is 5.88. The third-order valence-corrected chi connectivity index (χ3v) is 4.12. The van der Waals surface area contributed by atoms with Gasteiger partial charge in [-0.2, -0.15) is 0 Å². The predicted molar refractivity (Wildman–Crippen MR) is 91.2 cm³/mol. The first-order chi connectivity index (χ1) is 10.6. The molecule has 0 atom stereocenters. The van der Waals surface area contributed by atoms with Crippen LogP contribution in [0.5, 0.6) is 11.5 Å². The maximum atomic E-state index is 11.8. The van der Waals surface area contributed by atoms with Crippen LogP contribution in [0.1, 0.15) is 37.7 Å². The van der Waals surface area contributed by atoms with Gasteiger partial charge in [-0.25, -0.2) is 0 Å². The summed E-state index contributed by atoms with van der Waals surface area (Å²) in [7, 11) is 3.19. The van der Waals surface area contributed by atoms with E-state index in [0.29, 0.717) is 24.5 Å². The lowest BCUT2D eigenvalue weighted by Gasteiger charge is -2.12. The monoisotopic (exact) mass is 372 g/mol. The first kappa shape index (κ1) is 18.8. The average molecular weight is 373 g/mol. The number of amides is 1. The second kappa shape index (κ2) is 10.5. The van der Waals surface area contributed by atoms with E-state index < -0.39 is 0 Å². The summed E-state index contributed by atoms with van der Waals surface area (Å²) >= 11 is 3.48. The normalized spacial score (nSPS) is 10.4. The van der Waals surface area contributed by atoms with Crippen LogP contribution in [0.25, 0.3) is 0 Å². The zero-order chi connectivity index (χ0) is 16.4. The number of benzene rings is 1. The molecule has 1 rings (SSSR count). The Bertz CT molecular complexity index is 481. The number of methoxy groups -OCH3 is 2. The minimum atomic E-state index is 0.0643. The van der Waals surface area contributed by atoms with E-state index in [0.717, 1.165) is 42.3 Å². The van der Waals surface area contributed by atoms with Gasteiger partial charge in [0.25, 0.3) is 0 Å². The van der Waals surface area contributed by atoms with Crippen LogP contribution >= 0.6 is 15.9 Å². The van der Waals surface area contributed by atoms with Gasteiger partial charge in [0.15, 0.2) is 11.5 Å². The number of hydrogen-bond acceptors (Lipinski definition) is 4. The SMILES string of the molecule is COc1cc(Br)c(CNC(=O)CCCCCCN)cc1OC. The zero-order valence-electron chi connectivity index (χ0n) is 13.3.